The van der Waals surface area contributed by atoms with Crippen LogP contribution < -0.4 is 0 Å². The van der Waals surface area contributed by atoms with Crippen molar-refractivity contribution in [2.24, 2.45) is 5.92 Å². The molecule has 13 heavy (non-hydrogen) atoms. The molecule has 3 nitrogen and oxygen atoms in total. The minimum absolute atomic E-state index is 0.0274. The Kier molecular flexibility index (Phi) is 3.56. The molecule has 1 saturated heterocycles. The van der Waals surface area contributed by atoms with E-state index >= 15 is 0 Å². The summed E-state index contributed by atoms with van der Waals surface area (Å²) in [6.45, 7) is 4.88. The number of hydrogen-bond acceptors (Lipinski definition) is 2. The van der Waals surface area contributed by atoms with Crippen molar-refractivity contribution >= 4 is 17.5 Å². The summed E-state index contributed by atoms with van der Waals surface area (Å²) < 4.78 is 0. The Bertz CT molecular complexity index is 196. The molecular formula is C9H16ClNO2. The molecule has 0 aliphatic carbocycles. The van der Waals surface area contributed by atoms with Crippen LogP contribution in [-0.2, 0) is 4.79 Å². The molecule has 1 aliphatic heterocycles. The number of hydrogen-bond donors (Lipinski definition) is 1. The lowest BCUT2D eigenvalue weighted by molar-refractivity contribution is -0.134. The predicted molar refractivity (Wildman–Crippen MR) is 51.7 cm³/mol. The maximum absolute atomic E-state index is 11.5. The molecule has 76 valence electrons. The zero-order valence-electron chi connectivity index (χ0n) is 8.03. The van der Waals surface area contributed by atoms with Gasteiger partial charge in [0, 0.05) is 13.1 Å². The van der Waals surface area contributed by atoms with Gasteiger partial charge in [0.2, 0.25) is 5.91 Å². The van der Waals surface area contributed by atoms with Crippen LogP contribution in [0.15, 0.2) is 0 Å². The van der Waals surface area contributed by atoms with Gasteiger partial charge in [-0.05, 0) is 19.3 Å². The highest BCUT2D eigenvalue weighted by molar-refractivity contribution is 6.30. The molecule has 0 aromatic heterocycles. The van der Waals surface area contributed by atoms with Crippen LogP contribution in [0.5, 0.6) is 0 Å². The van der Waals surface area contributed by atoms with Crippen molar-refractivity contribution in [2.75, 3.05) is 13.1 Å². The fourth-order valence-corrected chi connectivity index (χ4v) is 1.72. The molecule has 0 unspecified atom stereocenters. The molecule has 0 spiro atoms. The molecule has 1 heterocycles. The molecule has 1 rings (SSSR count). The number of halogens is 1. The lowest BCUT2D eigenvalue weighted by Crippen LogP contribution is -2.47. The first kappa shape index (κ1) is 10.8. The monoisotopic (exact) mass is 205 g/mol. The fraction of sp³-hybridized carbons (Fsp3) is 0.889. The number of aliphatic hydroxyl groups is 1. The summed E-state index contributed by atoms with van der Waals surface area (Å²) in [6.07, 6.45) is 0.394. The van der Waals surface area contributed by atoms with Gasteiger partial charge in [0.25, 0.3) is 0 Å². The smallest absolute Gasteiger partial charge is 0.240 e. The number of aliphatic hydroxyl groups excluding tert-OH is 1. The normalized spacial score (nSPS) is 31.5. The fourth-order valence-electron chi connectivity index (χ4n) is 1.58. The zero-order valence-corrected chi connectivity index (χ0v) is 8.79. The third-order valence-corrected chi connectivity index (χ3v) is 2.70. The van der Waals surface area contributed by atoms with Gasteiger partial charge < -0.3 is 10.0 Å². The van der Waals surface area contributed by atoms with E-state index in [9.17, 15) is 9.90 Å². The van der Waals surface area contributed by atoms with E-state index < -0.39 is 5.38 Å². The van der Waals surface area contributed by atoms with Gasteiger partial charge in [-0.15, -0.1) is 11.6 Å². The average Bonchev–Trinajstić information content (AvgIpc) is 2.08. The molecule has 1 amide bonds. The van der Waals surface area contributed by atoms with Crippen LogP contribution in [0.1, 0.15) is 20.3 Å². The van der Waals surface area contributed by atoms with Crippen molar-refractivity contribution in [3.8, 4) is 0 Å². The Morgan fingerprint density at radius 3 is 2.77 bits per heavy atom. The minimum Gasteiger partial charge on any atom is -0.393 e. The molecule has 1 N–H and O–H groups in total. The van der Waals surface area contributed by atoms with Gasteiger partial charge in [-0.1, -0.05) is 6.92 Å². The first-order valence-electron chi connectivity index (χ1n) is 4.63. The van der Waals surface area contributed by atoms with Crippen LogP contribution in [0.25, 0.3) is 0 Å². The second-order valence-corrected chi connectivity index (χ2v) is 4.39. The third kappa shape index (κ3) is 2.58. The Labute approximate surface area is 83.7 Å². The van der Waals surface area contributed by atoms with Gasteiger partial charge in [-0.2, -0.15) is 0 Å². The number of likely N-dealkylation sites (tertiary alicyclic amines) is 1. The summed E-state index contributed by atoms with van der Waals surface area (Å²) in [5.41, 5.74) is 0. The van der Waals surface area contributed by atoms with Crippen LogP contribution in [-0.4, -0.2) is 40.5 Å². The summed E-state index contributed by atoms with van der Waals surface area (Å²) in [4.78, 5) is 13.2. The van der Waals surface area contributed by atoms with Crippen molar-refractivity contribution in [3.05, 3.63) is 0 Å². The largest absolute Gasteiger partial charge is 0.393 e. The number of alkyl halides is 1. The van der Waals surface area contributed by atoms with Gasteiger partial charge >= 0.3 is 0 Å². The van der Waals surface area contributed by atoms with Crippen LogP contribution in [0.4, 0.5) is 0 Å². The summed E-state index contributed by atoms with van der Waals surface area (Å²) >= 11 is 5.69. The Balaban J connectivity index is 2.50. The van der Waals surface area contributed by atoms with Crippen LogP contribution in [0.2, 0.25) is 0 Å². The van der Waals surface area contributed by atoms with Gasteiger partial charge in [-0.3, -0.25) is 4.79 Å². The summed E-state index contributed by atoms with van der Waals surface area (Å²) in [5.74, 6) is 0.133. The zero-order chi connectivity index (χ0) is 10.0. The molecular weight excluding hydrogens is 190 g/mol. The average molecular weight is 206 g/mol. The highest BCUT2D eigenvalue weighted by Crippen LogP contribution is 2.17. The molecule has 0 saturated carbocycles. The van der Waals surface area contributed by atoms with E-state index in [1.807, 2.05) is 6.92 Å². The first-order chi connectivity index (χ1) is 6.02. The Hall–Kier alpha value is -0.280. The van der Waals surface area contributed by atoms with E-state index in [0.717, 1.165) is 0 Å². The van der Waals surface area contributed by atoms with Gasteiger partial charge in [0.05, 0.1) is 6.10 Å². The highest BCUT2D eigenvalue weighted by atomic mass is 35.5. The van der Waals surface area contributed by atoms with E-state index in [1.54, 1.807) is 11.8 Å². The summed E-state index contributed by atoms with van der Waals surface area (Å²) in [7, 11) is 0. The molecule has 0 aromatic rings. The second kappa shape index (κ2) is 4.29. The standard InChI is InChI=1S/C9H16ClNO2/c1-6-5-11(4-3-8(6)12)9(13)7(2)10/h6-8,12H,3-5H2,1-2H3/t6-,7-,8+/m0/s1. The quantitative estimate of drug-likeness (QED) is 0.645. The number of carbonyl (C=O) groups excluding carboxylic acids is 1. The second-order valence-electron chi connectivity index (χ2n) is 3.73. The maximum Gasteiger partial charge on any atom is 0.240 e. The molecule has 1 fully saturated rings. The van der Waals surface area contributed by atoms with E-state index in [-0.39, 0.29) is 17.9 Å². The van der Waals surface area contributed by atoms with Crippen molar-refractivity contribution in [1.29, 1.82) is 0 Å². The minimum atomic E-state index is -0.456. The molecule has 0 aromatic carbocycles. The SMILES string of the molecule is C[C@H](Cl)C(=O)N1CC[C@@H](O)[C@@H](C)C1. The van der Waals surface area contributed by atoms with Crippen molar-refractivity contribution < 1.29 is 9.90 Å². The number of amides is 1. The number of rotatable bonds is 1. The maximum atomic E-state index is 11.5. The molecule has 1 aliphatic rings. The van der Waals surface area contributed by atoms with Crippen molar-refractivity contribution in [2.45, 2.75) is 31.7 Å². The topological polar surface area (TPSA) is 40.5 Å². The van der Waals surface area contributed by atoms with Crippen molar-refractivity contribution in [1.82, 2.24) is 4.90 Å². The van der Waals surface area contributed by atoms with E-state index in [2.05, 4.69) is 0 Å². The molecule has 3 atom stereocenters. The Morgan fingerprint density at radius 2 is 2.31 bits per heavy atom. The molecule has 4 heteroatoms. The summed E-state index contributed by atoms with van der Waals surface area (Å²) in [6, 6.07) is 0. The molecule has 0 radical (unpaired) electrons. The van der Waals surface area contributed by atoms with Crippen LogP contribution in [0, 0.1) is 5.92 Å². The molecule has 0 bridgehead atoms. The lowest BCUT2D eigenvalue weighted by atomic mass is 9.96. The third-order valence-electron chi connectivity index (χ3n) is 2.51. The van der Waals surface area contributed by atoms with Gasteiger partial charge in [0.15, 0.2) is 0 Å². The first-order valence-corrected chi connectivity index (χ1v) is 5.07. The van der Waals surface area contributed by atoms with Crippen LogP contribution >= 0.6 is 11.6 Å². The number of piperidine rings is 1. The predicted octanol–water partition coefficient (Wildman–Crippen LogP) is 0.843. The van der Waals surface area contributed by atoms with E-state index in [1.165, 1.54) is 0 Å². The van der Waals surface area contributed by atoms with Crippen LogP contribution in [0.3, 0.4) is 0 Å². The van der Waals surface area contributed by atoms with Crippen molar-refractivity contribution in [3.63, 3.8) is 0 Å². The van der Waals surface area contributed by atoms with Gasteiger partial charge in [0.1, 0.15) is 5.38 Å². The van der Waals surface area contributed by atoms with E-state index in [0.29, 0.717) is 19.5 Å². The van der Waals surface area contributed by atoms with Gasteiger partial charge in [-0.25, -0.2) is 0 Å². The number of carbonyl (C=O) groups is 1. The Morgan fingerprint density at radius 1 is 1.69 bits per heavy atom. The summed E-state index contributed by atoms with van der Waals surface area (Å²) in [5, 5.41) is 8.99. The van der Waals surface area contributed by atoms with E-state index in [4.69, 9.17) is 11.6 Å². The number of nitrogens with zero attached hydrogens (tertiary/aromatic N) is 1. The lowest BCUT2D eigenvalue weighted by Gasteiger charge is -2.34. The highest BCUT2D eigenvalue weighted by Gasteiger charge is 2.28.